The molecule has 0 bridgehead atoms. The Morgan fingerprint density at radius 2 is 1.74 bits per heavy atom. The van der Waals surface area contributed by atoms with Crippen molar-refractivity contribution in [2.45, 2.75) is 18.6 Å². The van der Waals surface area contributed by atoms with Crippen LogP contribution in [0.3, 0.4) is 0 Å². The fourth-order valence-corrected chi connectivity index (χ4v) is 4.67. The maximum Gasteiger partial charge on any atom is 0.342 e. The number of carbonyl (C=O) groups is 1. The molecule has 0 amide bonds. The number of morpholine rings is 1. The molecule has 0 saturated carbocycles. The van der Waals surface area contributed by atoms with Crippen molar-refractivity contribution in [3.05, 3.63) is 52.9 Å². The van der Waals surface area contributed by atoms with Crippen molar-refractivity contribution in [1.29, 1.82) is 0 Å². The van der Waals surface area contributed by atoms with Crippen LogP contribution in [0.1, 0.15) is 12.5 Å². The van der Waals surface area contributed by atoms with Crippen LogP contribution < -0.4 is 14.4 Å². The van der Waals surface area contributed by atoms with E-state index in [1.54, 1.807) is 26.4 Å². The maximum absolute atomic E-state index is 12.1. The normalized spacial score (nSPS) is 14.1. The number of anilines is 1. The molecule has 0 atom stereocenters. The average molecular weight is 497 g/mol. The number of thioether (sulfide) groups is 1. The van der Waals surface area contributed by atoms with Crippen LogP contribution in [0.2, 0.25) is 0 Å². The smallest absolute Gasteiger partial charge is 0.342 e. The monoisotopic (exact) mass is 496 g/mol. The first kappa shape index (κ1) is 24.6. The predicted molar refractivity (Wildman–Crippen MR) is 135 cm³/mol. The summed E-state index contributed by atoms with van der Waals surface area (Å²) in [5, 5.41) is 19.0. The van der Waals surface area contributed by atoms with Gasteiger partial charge >= 0.3 is 5.97 Å². The Morgan fingerprint density at radius 3 is 2.31 bits per heavy atom. The Labute approximate surface area is 208 Å². The molecule has 0 radical (unpaired) electrons. The van der Waals surface area contributed by atoms with Gasteiger partial charge in [0.15, 0.2) is 11.0 Å². The Morgan fingerprint density at radius 1 is 1.09 bits per heavy atom. The van der Waals surface area contributed by atoms with E-state index in [0.717, 1.165) is 41.7 Å². The van der Waals surface area contributed by atoms with Gasteiger partial charge in [0, 0.05) is 37.0 Å². The fraction of sp³-hybridized carbons (Fsp3) is 0.320. The van der Waals surface area contributed by atoms with E-state index in [2.05, 4.69) is 15.1 Å². The second-order valence-corrected chi connectivity index (χ2v) is 8.77. The Kier molecular flexibility index (Phi) is 7.94. The molecule has 0 aliphatic carbocycles. The standard InChI is InChI=1S/C25H28N4O5S/c1-4-29-23(18-14-20(32-2)16-21(15-18)33-3)26-27-25(29)35-22(24(30)31)13-17-5-7-19(8-6-17)28-9-11-34-12-10-28/h5-8,13-16H,4,9-12H2,1-3H3,(H,30,31)/b22-13+. The summed E-state index contributed by atoms with van der Waals surface area (Å²) in [6.07, 6.45) is 1.65. The Hall–Kier alpha value is -3.50. The molecule has 4 rings (SSSR count). The van der Waals surface area contributed by atoms with E-state index < -0.39 is 5.97 Å². The second-order valence-electron chi connectivity index (χ2n) is 7.76. The van der Waals surface area contributed by atoms with Crippen molar-refractivity contribution in [2.24, 2.45) is 0 Å². The van der Waals surface area contributed by atoms with Crippen LogP contribution in [-0.2, 0) is 16.1 Å². The molecule has 1 aromatic heterocycles. The quantitative estimate of drug-likeness (QED) is 0.348. The Bertz CT molecular complexity index is 1180. The lowest BCUT2D eigenvalue weighted by Gasteiger charge is -2.28. The molecule has 1 fully saturated rings. The molecule has 1 N–H and O–H groups in total. The number of aromatic nitrogens is 3. The van der Waals surface area contributed by atoms with E-state index in [-0.39, 0.29) is 4.91 Å². The van der Waals surface area contributed by atoms with Crippen LogP contribution in [0.15, 0.2) is 52.5 Å². The zero-order chi connectivity index (χ0) is 24.8. The third-order valence-electron chi connectivity index (χ3n) is 5.62. The summed E-state index contributed by atoms with van der Waals surface area (Å²) >= 11 is 1.07. The minimum Gasteiger partial charge on any atom is -0.497 e. The van der Waals surface area contributed by atoms with Gasteiger partial charge in [-0.3, -0.25) is 0 Å². The first-order valence-electron chi connectivity index (χ1n) is 11.2. The number of ether oxygens (including phenoxy) is 3. The van der Waals surface area contributed by atoms with Crippen LogP contribution in [0, 0.1) is 0 Å². The molecule has 2 aromatic carbocycles. The molecule has 1 aliphatic rings. The Balaban J connectivity index is 1.60. The zero-order valence-electron chi connectivity index (χ0n) is 19.9. The molecular formula is C25H28N4O5S. The minimum absolute atomic E-state index is 0.154. The van der Waals surface area contributed by atoms with Gasteiger partial charge in [-0.15, -0.1) is 10.2 Å². The summed E-state index contributed by atoms with van der Waals surface area (Å²) in [5.74, 6) is 0.839. The van der Waals surface area contributed by atoms with E-state index in [1.807, 2.05) is 47.9 Å². The van der Waals surface area contributed by atoms with Gasteiger partial charge in [-0.05, 0) is 54.6 Å². The summed E-state index contributed by atoms with van der Waals surface area (Å²) in [6.45, 7) is 5.64. The highest BCUT2D eigenvalue weighted by Gasteiger charge is 2.19. The number of nitrogens with zero attached hydrogens (tertiary/aromatic N) is 4. The molecule has 1 saturated heterocycles. The summed E-state index contributed by atoms with van der Waals surface area (Å²) in [4.78, 5) is 14.5. The van der Waals surface area contributed by atoms with Crippen molar-refractivity contribution >= 4 is 29.5 Å². The van der Waals surface area contributed by atoms with Crippen LogP contribution in [0.4, 0.5) is 5.69 Å². The van der Waals surface area contributed by atoms with Gasteiger partial charge in [0.05, 0.1) is 27.4 Å². The van der Waals surface area contributed by atoms with Crippen molar-refractivity contribution < 1.29 is 24.1 Å². The molecular weight excluding hydrogens is 468 g/mol. The molecule has 2 heterocycles. The first-order chi connectivity index (χ1) is 17.0. The van der Waals surface area contributed by atoms with Gasteiger partial charge in [0.2, 0.25) is 0 Å². The van der Waals surface area contributed by atoms with E-state index in [0.29, 0.717) is 42.2 Å². The molecule has 9 nitrogen and oxygen atoms in total. The van der Waals surface area contributed by atoms with Gasteiger partial charge < -0.3 is 28.8 Å². The van der Waals surface area contributed by atoms with Gasteiger partial charge in [-0.1, -0.05) is 12.1 Å². The van der Waals surface area contributed by atoms with Crippen LogP contribution in [0.25, 0.3) is 17.5 Å². The van der Waals surface area contributed by atoms with E-state index in [4.69, 9.17) is 14.2 Å². The highest BCUT2D eigenvalue weighted by atomic mass is 32.2. The van der Waals surface area contributed by atoms with Crippen molar-refractivity contribution in [3.63, 3.8) is 0 Å². The number of rotatable bonds is 9. The number of methoxy groups -OCH3 is 2. The van der Waals surface area contributed by atoms with Gasteiger partial charge in [-0.25, -0.2) is 4.79 Å². The molecule has 0 unspecified atom stereocenters. The van der Waals surface area contributed by atoms with E-state index in [1.165, 1.54) is 0 Å². The molecule has 10 heteroatoms. The van der Waals surface area contributed by atoms with Crippen LogP contribution >= 0.6 is 11.8 Å². The lowest BCUT2D eigenvalue weighted by molar-refractivity contribution is -0.131. The van der Waals surface area contributed by atoms with Gasteiger partial charge in [0.25, 0.3) is 0 Å². The third kappa shape index (κ3) is 5.77. The SMILES string of the molecule is CCn1c(S/C(=C/c2ccc(N3CCOCC3)cc2)C(=O)O)nnc1-c1cc(OC)cc(OC)c1. The first-order valence-corrected chi connectivity index (χ1v) is 12.1. The van der Waals surface area contributed by atoms with E-state index in [9.17, 15) is 9.90 Å². The molecule has 0 spiro atoms. The maximum atomic E-state index is 12.1. The van der Waals surface area contributed by atoms with Crippen molar-refractivity contribution in [3.8, 4) is 22.9 Å². The van der Waals surface area contributed by atoms with Crippen LogP contribution in [-0.4, -0.2) is 66.4 Å². The molecule has 1 aliphatic heterocycles. The van der Waals surface area contributed by atoms with Crippen LogP contribution in [0.5, 0.6) is 11.5 Å². The van der Waals surface area contributed by atoms with Crippen molar-refractivity contribution in [2.75, 3.05) is 45.4 Å². The fourth-order valence-electron chi connectivity index (χ4n) is 3.79. The van der Waals surface area contributed by atoms with Gasteiger partial charge in [-0.2, -0.15) is 0 Å². The van der Waals surface area contributed by atoms with Gasteiger partial charge in [0.1, 0.15) is 16.4 Å². The molecule has 3 aromatic rings. The van der Waals surface area contributed by atoms with Crippen molar-refractivity contribution in [1.82, 2.24) is 14.8 Å². The highest BCUT2D eigenvalue weighted by molar-refractivity contribution is 8.04. The lowest BCUT2D eigenvalue weighted by Crippen LogP contribution is -2.36. The summed E-state index contributed by atoms with van der Waals surface area (Å²) in [5.41, 5.74) is 2.66. The van der Waals surface area contributed by atoms with E-state index >= 15 is 0 Å². The lowest BCUT2D eigenvalue weighted by atomic mass is 10.1. The molecule has 184 valence electrons. The zero-order valence-corrected chi connectivity index (χ0v) is 20.7. The predicted octanol–water partition coefficient (Wildman–Crippen LogP) is 4.04. The number of aliphatic carboxylic acids is 1. The molecule has 35 heavy (non-hydrogen) atoms. The number of benzene rings is 2. The number of carboxylic acid groups (broad SMARTS) is 1. The largest absolute Gasteiger partial charge is 0.497 e. The number of hydrogen-bond acceptors (Lipinski definition) is 8. The number of hydrogen-bond donors (Lipinski definition) is 1. The third-order valence-corrected chi connectivity index (χ3v) is 6.62. The summed E-state index contributed by atoms with van der Waals surface area (Å²) < 4.78 is 18.0. The summed E-state index contributed by atoms with van der Waals surface area (Å²) in [6, 6.07) is 13.3. The minimum atomic E-state index is -1.03. The number of carboxylic acids is 1. The summed E-state index contributed by atoms with van der Waals surface area (Å²) in [7, 11) is 3.17. The second kappa shape index (κ2) is 11.3. The average Bonchev–Trinajstić information content (AvgIpc) is 3.31. The highest BCUT2D eigenvalue weighted by Crippen LogP contribution is 2.33. The topological polar surface area (TPSA) is 98.9 Å².